The van der Waals surface area contributed by atoms with Crippen molar-refractivity contribution >= 4 is 11.6 Å². The first kappa shape index (κ1) is 14.1. The van der Waals surface area contributed by atoms with Crippen molar-refractivity contribution in [2.24, 2.45) is 0 Å². The topological polar surface area (TPSA) is 21.3 Å². The lowest BCUT2D eigenvalue weighted by molar-refractivity contribution is 0.414. The molecule has 2 nitrogen and oxygen atoms in total. The Balaban J connectivity index is 2.31. The minimum absolute atomic E-state index is 0.438. The molecule has 0 spiro atoms. The van der Waals surface area contributed by atoms with Gasteiger partial charge in [-0.25, -0.2) is 0 Å². The van der Waals surface area contributed by atoms with Crippen LogP contribution in [0, 0.1) is 0 Å². The molecule has 1 aromatic carbocycles. The number of hydrogen-bond donors (Lipinski definition) is 1. The number of methoxy groups -OCH3 is 1. The van der Waals surface area contributed by atoms with Crippen molar-refractivity contribution in [3.8, 4) is 5.75 Å². The second-order valence-corrected chi connectivity index (χ2v) is 4.72. The fraction of sp³-hybridized carbons (Fsp3) is 0.429. The van der Waals surface area contributed by atoms with E-state index in [4.69, 9.17) is 16.3 Å². The van der Waals surface area contributed by atoms with Crippen molar-refractivity contribution in [2.75, 3.05) is 13.7 Å². The maximum absolute atomic E-state index is 5.70. The monoisotopic (exact) mass is 253 g/mol. The molecule has 1 rings (SSSR count). The molecular weight excluding hydrogens is 234 g/mol. The van der Waals surface area contributed by atoms with Crippen LogP contribution in [0.2, 0.25) is 0 Å². The molecule has 1 N–H and O–H groups in total. The highest BCUT2D eigenvalue weighted by Crippen LogP contribution is 2.13. The number of rotatable bonds is 7. The van der Waals surface area contributed by atoms with E-state index in [1.165, 1.54) is 5.56 Å². The molecule has 3 heteroatoms. The van der Waals surface area contributed by atoms with E-state index in [1.807, 2.05) is 12.1 Å². The van der Waals surface area contributed by atoms with E-state index in [1.54, 1.807) is 7.11 Å². The van der Waals surface area contributed by atoms with Crippen LogP contribution in [0.4, 0.5) is 0 Å². The first-order chi connectivity index (χ1) is 8.11. The maximum atomic E-state index is 5.70. The van der Waals surface area contributed by atoms with Crippen LogP contribution in [0.25, 0.3) is 0 Å². The lowest BCUT2D eigenvalue weighted by Gasteiger charge is -2.13. The van der Waals surface area contributed by atoms with E-state index in [9.17, 15) is 0 Å². The molecule has 17 heavy (non-hydrogen) atoms. The third-order valence-corrected chi connectivity index (χ3v) is 2.80. The number of halogens is 1. The van der Waals surface area contributed by atoms with Gasteiger partial charge >= 0.3 is 0 Å². The molecule has 0 aliphatic carbocycles. The Bertz CT molecular complexity index is 348. The third kappa shape index (κ3) is 5.76. The Labute approximate surface area is 109 Å². The van der Waals surface area contributed by atoms with Gasteiger partial charge in [0.05, 0.1) is 7.11 Å². The van der Waals surface area contributed by atoms with Crippen molar-refractivity contribution in [3.63, 3.8) is 0 Å². The van der Waals surface area contributed by atoms with Gasteiger partial charge in [-0.2, -0.15) is 0 Å². The van der Waals surface area contributed by atoms with Crippen LogP contribution in [0.3, 0.4) is 0 Å². The zero-order chi connectivity index (χ0) is 12.7. The Kier molecular flexibility index (Phi) is 6.09. The summed E-state index contributed by atoms with van der Waals surface area (Å²) in [6, 6.07) is 8.63. The van der Waals surface area contributed by atoms with Crippen molar-refractivity contribution < 1.29 is 4.74 Å². The smallest absolute Gasteiger partial charge is 0.118 e. The molecule has 94 valence electrons. The highest BCUT2D eigenvalue weighted by Gasteiger charge is 2.02. The van der Waals surface area contributed by atoms with Gasteiger partial charge in [0.1, 0.15) is 5.75 Å². The molecule has 0 bridgehead atoms. The first-order valence-corrected chi connectivity index (χ1v) is 6.19. The Morgan fingerprint density at radius 1 is 1.41 bits per heavy atom. The summed E-state index contributed by atoms with van der Waals surface area (Å²) < 4.78 is 5.12. The average molecular weight is 254 g/mol. The molecule has 0 aliphatic heterocycles. The maximum Gasteiger partial charge on any atom is 0.118 e. The van der Waals surface area contributed by atoms with Gasteiger partial charge in [-0.05, 0) is 37.5 Å². The summed E-state index contributed by atoms with van der Waals surface area (Å²) in [5.41, 5.74) is 1.32. The molecular formula is C14H20ClNO. The fourth-order valence-electron chi connectivity index (χ4n) is 1.56. The number of nitrogens with one attached hydrogen (secondary N) is 1. The fourth-order valence-corrected chi connectivity index (χ4v) is 1.64. The van der Waals surface area contributed by atoms with Gasteiger partial charge in [0.2, 0.25) is 0 Å². The molecule has 0 aliphatic rings. The second kappa shape index (κ2) is 7.36. The second-order valence-electron chi connectivity index (χ2n) is 4.19. The summed E-state index contributed by atoms with van der Waals surface area (Å²) >= 11 is 5.70. The van der Waals surface area contributed by atoms with E-state index in [0.717, 1.165) is 18.6 Å². The normalized spacial score (nSPS) is 12.2. The lowest BCUT2D eigenvalue weighted by Crippen LogP contribution is -2.27. The third-order valence-electron chi connectivity index (χ3n) is 2.67. The summed E-state index contributed by atoms with van der Waals surface area (Å²) in [6.45, 7) is 6.48. The molecule has 0 saturated carbocycles. The molecule has 0 heterocycles. The summed E-state index contributed by atoms with van der Waals surface area (Å²) in [4.78, 5) is 0. The molecule has 0 fully saturated rings. The van der Waals surface area contributed by atoms with E-state index in [-0.39, 0.29) is 0 Å². The number of hydrogen-bond acceptors (Lipinski definition) is 2. The van der Waals surface area contributed by atoms with Crippen molar-refractivity contribution in [1.82, 2.24) is 5.32 Å². The zero-order valence-electron chi connectivity index (χ0n) is 10.5. The van der Waals surface area contributed by atoms with Gasteiger partial charge < -0.3 is 10.1 Å². The molecule has 0 radical (unpaired) electrons. The SMILES string of the molecule is C=C(Cl)CNC(C)CCc1ccc(OC)cc1. The van der Waals surface area contributed by atoms with E-state index in [0.29, 0.717) is 17.6 Å². The highest BCUT2D eigenvalue weighted by atomic mass is 35.5. The number of ether oxygens (including phenoxy) is 1. The van der Waals surface area contributed by atoms with Crippen molar-refractivity contribution in [2.45, 2.75) is 25.8 Å². The van der Waals surface area contributed by atoms with Gasteiger partial charge in [0.25, 0.3) is 0 Å². The Hall–Kier alpha value is -0.990. The molecule has 1 aromatic rings. The van der Waals surface area contributed by atoms with E-state index >= 15 is 0 Å². The summed E-state index contributed by atoms with van der Waals surface area (Å²) in [5, 5.41) is 3.97. The Morgan fingerprint density at radius 3 is 2.59 bits per heavy atom. The van der Waals surface area contributed by atoms with Gasteiger partial charge in [0, 0.05) is 17.6 Å². The predicted octanol–water partition coefficient (Wildman–Crippen LogP) is 3.36. The quantitative estimate of drug-likeness (QED) is 0.805. The molecule has 0 aromatic heterocycles. The van der Waals surface area contributed by atoms with Gasteiger partial charge in [-0.3, -0.25) is 0 Å². The first-order valence-electron chi connectivity index (χ1n) is 5.81. The van der Waals surface area contributed by atoms with Crippen LogP contribution in [0.15, 0.2) is 35.9 Å². The largest absolute Gasteiger partial charge is 0.497 e. The van der Waals surface area contributed by atoms with Gasteiger partial charge in [-0.15, -0.1) is 0 Å². The minimum atomic E-state index is 0.438. The van der Waals surface area contributed by atoms with Crippen LogP contribution in [-0.4, -0.2) is 19.7 Å². The molecule has 1 atom stereocenters. The van der Waals surface area contributed by atoms with Crippen LogP contribution < -0.4 is 10.1 Å². The number of aryl methyl sites for hydroxylation is 1. The standard InChI is InChI=1S/C14H20ClNO/c1-11(15)10-16-12(2)4-5-13-6-8-14(17-3)9-7-13/h6-9,12,16H,1,4-5,10H2,2-3H3. The summed E-state index contributed by atoms with van der Waals surface area (Å²) in [6.07, 6.45) is 2.13. The van der Waals surface area contributed by atoms with Gasteiger partial charge in [-0.1, -0.05) is 30.3 Å². The zero-order valence-corrected chi connectivity index (χ0v) is 11.3. The van der Waals surface area contributed by atoms with E-state index in [2.05, 4.69) is 31.0 Å². The van der Waals surface area contributed by atoms with Crippen LogP contribution >= 0.6 is 11.6 Å². The summed E-state index contributed by atoms with van der Waals surface area (Å²) in [7, 11) is 1.68. The molecule has 0 amide bonds. The predicted molar refractivity (Wildman–Crippen MR) is 73.8 cm³/mol. The van der Waals surface area contributed by atoms with E-state index < -0.39 is 0 Å². The molecule has 1 unspecified atom stereocenters. The Morgan fingerprint density at radius 2 is 2.06 bits per heavy atom. The number of benzene rings is 1. The van der Waals surface area contributed by atoms with Crippen LogP contribution in [0.1, 0.15) is 18.9 Å². The van der Waals surface area contributed by atoms with Crippen molar-refractivity contribution in [3.05, 3.63) is 41.4 Å². The van der Waals surface area contributed by atoms with Crippen LogP contribution in [0.5, 0.6) is 5.75 Å². The minimum Gasteiger partial charge on any atom is -0.497 e. The average Bonchev–Trinajstić information content (AvgIpc) is 2.34. The lowest BCUT2D eigenvalue weighted by atomic mass is 10.1. The van der Waals surface area contributed by atoms with Crippen molar-refractivity contribution in [1.29, 1.82) is 0 Å². The van der Waals surface area contributed by atoms with Crippen LogP contribution in [-0.2, 0) is 6.42 Å². The highest BCUT2D eigenvalue weighted by molar-refractivity contribution is 6.29. The molecule has 0 saturated heterocycles. The van der Waals surface area contributed by atoms with Gasteiger partial charge in [0.15, 0.2) is 0 Å². The summed E-state index contributed by atoms with van der Waals surface area (Å²) in [5.74, 6) is 0.901.